The van der Waals surface area contributed by atoms with Crippen molar-refractivity contribution in [3.05, 3.63) is 57.2 Å². The number of halogens is 3. The molecule has 0 unspecified atom stereocenters. The maximum Gasteiger partial charge on any atom is 0.129 e. The summed E-state index contributed by atoms with van der Waals surface area (Å²) < 4.78 is 4.11. The fraction of sp³-hybridized carbons (Fsp3) is 0.0714. The Morgan fingerprint density at radius 1 is 1.11 bits per heavy atom. The number of benzene rings is 2. The normalized spacial score (nSPS) is 11.1. The summed E-state index contributed by atoms with van der Waals surface area (Å²) in [5.41, 5.74) is 3.02. The second-order valence-corrected chi connectivity index (χ2v) is 6.12. The molecule has 1 aromatic heterocycles. The first kappa shape index (κ1) is 13.2. The van der Waals surface area contributed by atoms with Crippen LogP contribution in [-0.4, -0.2) is 9.55 Å². The molecule has 0 amide bonds. The average molecular weight is 401 g/mol. The zero-order valence-corrected chi connectivity index (χ0v) is 13.7. The fourth-order valence-electron chi connectivity index (χ4n) is 2.09. The summed E-state index contributed by atoms with van der Waals surface area (Å²) >= 11 is 13.1. The van der Waals surface area contributed by atoms with Gasteiger partial charge in [0.05, 0.1) is 22.6 Å². The van der Waals surface area contributed by atoms with Gasteiger partial charge in [0.1, 0.15) is 5.82 Å². The average Bonchev–Trinajstić information content (AvgIpc) is 2.76. The number of imidazole rings is 1. The third-order valence-electron chi connectivity index (χ3n) is 2.90. The molecule has 5 heteroatoms. The second kappa shape index (κ2) is 5.27. The molecule has 3 rings (SSSR count). The first-order chi connectivity index (χ1) is 9.20. The van der Waals surface area contributed by atoms with Gasteiger partial charge in [0.15, 0.2) is 0 Å². The highest BCUT2D eigenvalue weighted by atomic mass is 79.9. The van der Waals surface area contributed by atoms with Crippen molar-refractivity contribution in [2.75, 3.05) is 0 Å². The molecule has 0 N–H and O–H groups in total. The third-order valence-corrected chi connectivity index (χ3v) is 4.30. The lowest BCUT2D eigenvalue weighted by atomic mass is 10.3. The summed E-state index contributed by atoms with van der Waals surface area (Å²) in [4.78, 5) is 4.59. The van der Waals surface area contributed by atoms with Gasteiger partial charge >= 0.3 is 0 Å². The Morgan fingerprint density at radius 2 is 1.89 bits per heavy atom. The summed E-state index contributed by atoms with van der Waals surface area (Å²) in [6, 6.07) is 14.1. The number of hydrogen-bond acceptors (Lipinski definition) is 1. The Labute approximate surface area is 132 Å². The van der Waals surface area contributed by atoms with E-state index in [4.69, 9.17) is 11.6 Å². The van der Waals surface area contributed by atoms with E-state index in [0.29, 0.717) is 5.88 Å². The van der Waals surface area contributed by atoms with Crippen LogP contribution < -0.4 is 0 Å². The van der Waals surface area contributed by atoms with Gasteiger partial charge < -0.3 is 0 Å². The van der Waals surface area contributed by atoms with E-state index in [0.717, 1.165) is 31.5 Å². The first-order valence-corrected chi connectivity index (χ1v) is 7.80. The van der Waals surface area contributed by atoms with E-state index in [-0.39, 0.29) is 0 Å². The number of hydrogen-bond donors (Lipinski definition) is 0. The van der Waals surface area contributed by atoms with E-state index in [1.807, 2.05) is 42.5 Å². The molecule has 0 saturated heterocycles. The molecule has 19 heavy (non-hydrogen) atoms. The van der Waals surface area contributed by atoms with Crippen molar-refractivity contribution in [3.8, 4) is 5.69 Å². The molecule has 1 heterocycles. The molecule has 0 spiro atoms. The number of alkyl halides is 1. The maximum absolute atomic E-state index is 6.04. The van der Waals surface area contributed by atoms with E-state index >= 15 is 0 Å². The van der Waals surface area contributed by atoms with Crippen LogP contribution in [0.15, 0.2) is 51.4 Å². The van der Waals surface area contributed by atoms with E-state index in [1.54, 1.807) is 0 Å². The quantitative estimate of drug-likeness (QED) is 0.535. The Hall–Kier alpha value is -0.840. The van der Waals surface area contributed by atoms with E-state index in [9.17, 15) is 0 Å². The molecule has 2 nitrogen and oxygen atoms in total. The van der Waals surface area contributed by atoms with Crippen molar-refractivity contribution < 1.29 is 0 Å². The molecule has 0 saturated carbocycles. The predicted octanol–water partition coefficient (Wildman–Crippen LogP) is 5.29. The predicted molar refractivity (Wildman–Crippen MR) is 86.0 cm³/mol. The Morgan fingerprint density at radius 3 is 2.63 bits per heavy atom. The molecule has 0 radical (unpaired) electrons. The van der Waals surface area contributed by atoms with Crippen molar-refractivity contribution in [1.82, 2.24) is 9.55 Å². The van der Waals surface area contributed by atoms with Crippen LogP contribution >= 0.6 is 43.5 Å². The largest absolute Gasteiger partial charge is 0.294 e. The highest BCUT2D eigenvalue weighted by Gasteiger charge is 2.13. The minimum atomic E-state index is 0.369. The van der Waals surface area contributed by atoms with Crippen LogP contribution in [0.2, 0.25) is 0 Å². The SMILES string of the molecule is ClCc1nc2cc(Br)ccc2n1-c1ccccc1Br. The molecule has 0 bridgehead atoms. The fourth-order valence-corrected chi connectivity index (χ4v) is 3.09. The van der Waals surface area contributed by atoms with Gasteiger partial charge in [-0.25, -0.2) is 4.98 Å². The number of fused-ring (bicyclic) bond motifs is 1. The van der Waals surface area contributed by atoms with Gasteiger partial charge in [0.25, 0.3) is 0 Å². The molecule has 0 atom stereocenters. The molecule has 3 aromatic rings. The van der Waals surface area contributed by atoms with Gasteiger partial charge in [-0.3, -0.25) is 4.57 Å². The highest BCUT2D eigenvalue weighted by Crippen LogP contribution is 2.29. The number of rotatable bonds is 2. The van der Waals surface area contributed by atoms with Crippen LogP contribution in [0.1, 0.15) is 5.82 Å². The van der Waals surface area contributed by atoms with Gasteiger partial charge in [-0.1, -0.05) is 28.1 Å². The lowest BCUT2D eigenvalue weighted by molar-refractivity contribution is 0.977. The van der Waals surface area contributed by atoms with Crippen molar-refractivity contribution in [3.63, 3.8) is 0 Å². The van der Waals surface area contributed by atoms with Gasteiger partial charge in [-0.05, 0) is 46.3 Å². The smallest absolute Gasteiger partial charge is 0.129 e. The zero-order valence-electron chi connectivity index (χ0n) is 9.78. The number of aromatic nitrogens is 2. The van der Waals surface area contributed by atoms with Gasteiger partial charge in [0, 0.05) is 8.95 Å². The molecule has 0 aliphatic rings. The molecular weight excluding hydrogens is 391 g/mol. The molecule has 0 aliphatic carbocycles. The molecule has 2 aromatic carbocycles. The van der Waals surface area contributed by atoms with Crippen LogP contribution in [0.25, 0.3) is 16.7 Å². The van der Waals surface area contributed by atoms with Crippen LogP contribution in [0.4, 0.5) is 0 Å². The lowest BCUT2D eigenvalue weighted by Crippen LogP contribution is -1.99. The van der Waals surface area contributed by atoms with Gasteiger partial charge in [-0.2, -0.15) is 0 Å². The van der Waals surface area contributed by atoms with Crippen molar-refractivity contribution in [2.45, 2.75) is 5.88 Å². The summed E-state index contributed by atoms with van der Waals surface area (Å²) in [7, 11) is 0. The van der Waals surface area contributed by atoms with Gasteiger partial charge in [-0.15, -0.1) is 11.6 Å². The minimum absolute atomic E-state index is 0.369. The summed E-state index contributed by atoms with van der Waals surface area (Å²) in [5.74, 6) is 1.20. The summed E-state index contributed by atoms with van der Waals surface area (Å²) in [5, 5.41) is 0. The highest BCUT2D eigenvalue weighted by molar-refractivity contribution is 9.10. The minimum Gasteiger partial charge on any atom is -0.294 e. The van der Waals surface area contributed by atoms with E-state index < -0.39 is 0 Å². The van der Waals surface area contributed by atoms with Gasteiger partial charge in [0.2, 0.25) is 0 Å². The maximum atomic E-state index is 6.04. The van der Waals surface area contributed by atoms with Crippen LogP contribution in [0, 0.1) is 0 Å². The molecule has 0 aliphatic heterocycles. The van der Waals surface area contributed by atoms with Crippen LogP contribution in [-0.2, 0) is 5.88 Å². The van der Waals surface area contributed by atoms with Crippen LogP contribution in [0.3, 0.4) is 0 Å². The molecule has 96 valence electrons. The Balaban J connectivity index is 2.36. The lowest BCUT2D eigenvalue weighted by Gasteiger charge is -2.09. The van der Waals surface area contributed by atoms with Crippen molar-refractivity contribution >= 4 is 54.5 Å². The zero-order chi connectivity index (χ0) is 13.4. The van der Waals surface area contributed by atoms with E-state index in [1.165, 1.54) is 0 Å². The number of para-hydroxylation sites is 1. The number of nitrogens with zero attached hydrogens (tertiary/aromatic N) is 2. The summed E-state index contributed by atoms with van der Waals surface area (Å²) in [6.07, 6.45) is 0. The standard InChI is InChI=1S/C14H9Br2ClN2/c15-9-5-6-13-11(7-9)18-14(8-17)19(13)12-4-2-1-3-10(12)16/h1-7H,8H2. The Bertz CT molecular complexity index is 752. The Kier molecular flexibility index (Phi) is 3.65. The van der Waals surface area contributed by atoms with Crippen molar-refractivity contribution in [2.24, 2.45) is 0 Å². The molecule has 0 fully saturated rings. The second-order valence-electron chi connectivity index (χ2n) is 4.08. The monoisotopic (exact) mass is 398 g/mol. The third kappa shape index (κ3) is 2.33. The van der Waals surface area contributed by atoms with Crippen LogP contribution in [0.5, 0.6) is 0 Å². The van der Waals surface area contributed by atoms with E-state index in [2.05, 4.69) is 41.4 Å². The first-order valence-electron chi connectivity index (χ1n) is 5.68. The summed E-state index contributed by atoms with van der Waals surface area (Å²) in [6.45, 7) is 0. The van der Waals surface area contributed by atoms with Crippen molar-refractivity contribution in [1.29, 1.82) is 0 Å². The topological polar surface area (TPSA) is 17.8 Å². The molecular formula is C14H9Br2ClN2.